The predicted molar refractivity (Wildman–Crippen MR) is 232 cm³/mol. The van der Waals surface area contributed by atoms with E-state index in [1.165, 1.54) is 45.0 Å². The van der Waals surface area contributed by atoms with Crippen LogP contribution in [0.2, 0.25) is 5.02 Å². The molecule has 0 aliphatic heterocycles. The zero-order chi connectivity index (χ0) is 51.3. The molecule has 0 unspecified atom stereocenters. The predicted octanol–water partition coefficient (Wildman–Crippen LogP) is 9.81. The van der Waals surface area contributed by atoms with Gasteiger partial charge in [-0.1, -0.05) is 23.6 Å². The maximum Gasteiger partial charge on any atom is 0.408 e. The highest BCUT2D eigenvalue weighted by atomic mass is 35.5. The lowest BCUT2D eigenvalue weighted by Crippen LogP contribution is -2.37. The first-order valence-corrected chi connectivity index (χ1v) is 24.7. The van der Waals surface area contributed by atoms with Crippen LogP contribution in [0.1, 0.15) is 106 Å². The molecule has 26 heteroatoms. The number of hydrogen-bond donors (Lipinski definition) is 2. The number of nitrogens with zero attached hydrogens (tertiary/aromatic N) is 5. The summed E-state index contributed by atoms with van der Waals surface area (Å²) in [6.07, 6.45) is -11.4. The van der Waals surface area contributed by atoms with Gasteiger partial charge in [-0.25, -0.2) is 48.2 Å². The average Bonchev–Trinajstić information content (AvgIpc) is 4.16. The molecule has 376 valence electrons. The van der Waals surface area contributed by atoms with Gasteiger partial charge in [-0.05, 0) is 94.7 Å². The summed E-state index contributed by atoms with van der Waals surface area (Å²) in [4.78, 5) is 18.7. The molecule has 3 heterocycles. The molecule has 12 nitrogen and oxygen atoms in total. The summed E-state index contributed by atoms with van der Waals surface area (Å²) in [6, 6.07) is 5.11. The van der Waals surface area contributed by atoms with E-state index in [9.17, 15) is 52.4 Å². The van der Waals surface area contributed by atoms with E-state index in [1.54, 1.807) is 0 Å². The highest BCUT2D eigenvalue weighted by Crippen LogP contribution is 2.52. The quantitative estimate of drug-likeness (QED) is 0.0822. The topological polar surface area (TPSA) is 158 Å². The van der Waals surface area contributed by atoms with Crippen LogP contribution in [-0.2, 0) is 56.0 Å². The molecule has 0 saturated heterocycles. The molecule has 1 amide bonds. The van der Waals surface area contributed by atoms with Gasteiger partial charge in [0, 0.05) is 30.0 Å². The molecule has 3 aliphatic rings. The van der Waals surface area contributed by atoms with Gasteiger partial charge in [-0.3, -0.25) is 18.9 Å². The number of sulfonamides is 1. The van der Waals surface area contributed by atoms with E-state index >= 15 is 17.6 Å². The number of alkyl halides is 9. The van der Waals surface area contributed by atoms with Gasteiger partial charge in [0.2, 0.25) is 15.9 Å². The number of hydrogen-bond acceptors (Lipinski definition) is 8. The first-order valence-electron chi connectivity index (χ1n) is 21.3. The van der Waals surface area contributed by atoms with Crippen molar-refractivity contribution in [2.24, 2.45) is 0 Å². The summed E-state index contributed by atoms with van der Waals surface area (Å²) in [6.45, 7) is 0.787. The SMILES string of the molecule is CC1(S(=O)(=O)Nc2nn(CC(F)(F)F)c3c(-c4ccc(C#CC(C)(C)S(=O)(=O)C5CC5)nc4[C@H](Cc4cc(F)cc(F)c4)NC(=O)Cn4nc(C(F)F)c5c4C(F)(F)CCC5(F)F)ccc(Cl)c23)CC1. The van der Waals surface area contributed by atoms with Crippen LogP contribution in [0.15, 0.2) is 42.5 Å². The molecule has 2 aromatic carbocycles. The summed E-state index contributed by atoms with van der Waals surface area (Å²) < 4.78 is 215. The van der Waals surface area contributed by atoms with Crippen molar-refractivity contribution < 1.29 is 69.9 Å². The minimum atomic E-state index is -5.01. The molecule has 2 fully saturated rings. The third-order valence-corrected chi connectivity index (χ3v) is 17.7. The fourth-order valence-electron chi connectivity index (χ4n) is 8.26. The van der Waals surface area contributed by atoms with E-state index in [0.717, 1.165) is 12.1 Å². The van der Waals surface area contributed by atoms with Crippen LogP contribution in [0.4, 0.5) is 54.1 Å². The highest BCUT2D eigenvalue weighted by Gasteiger charge is 2.55. The number of benzene rings is 2. The number of halogens is 12. The Kier molecular flexibility index (Phi) is 12.6. The average molecular weight is 1050 g/mol. The number of rotatable bonds is 14. The van der Waals surface area contributed by atoms with Crippen molar-refractivity contribution in [1.29, 1.82) is 0 Å². The van der Waals surface area contributed by atoms with Crippen molar-refractivity contribution in [3.8, 4) is 23.0 Å². The van der Waals surface area contributed by atoms with Crippen molar-refractivity contribution in [3.05, 3.63) is 93.0 Å². The summed E-state index contributed by atoms with van der Waals surface area (Å²) in [5.74, 6) is -7.39. The molecule has 0 radical (unpaired) electrons. The number of carbonyl (C=O) groups excluding carboxylic acids is 1. The van der Waals surface area contributed by atoms with Crippen molar-refractivity contribution in [1.82, 2.24) is 29.9 Å². The maximum absolute atomic E-state index is 15.4. The summed E-state index contributed by atoms with van der Waals surface area (Å²) in [5, 5.41) is 8.37. The number of nitrogens with one attached hydrogen (secondary N) is 2. The van der Waals surface area contributed by atoms with Gasteiger partial charge in [0.05, 0.1) is 43.2 Å². The Labute approximate surface area is 397 Å². The third kappa shape index (κ3) is 9.78. The van der Waals surface area contributed by atoms with Gasteiger partial charge in [0.25, 0.3) is 18.3 Å². The number of sulfone groups is 1. The van der Waals surface area contributed by atoms with Gasteiger partial charge in [-0.2, -0.15) is 32.1 Å². The second-order valence-corrected chi connectivity index (χ2v) is 23.6. The number of carbonyl (C=O) groups is 1. The minimum Gasteiger partial charge on any atom is -0.346 e. The van der Waals surface area contributed by atoms with Gasteiger partial charge >= 0.3 is 6.18 Å². The second kappa shape index (κ2) is 17.4. The van der Waals surface area contributed by atoms with Crippen LogP contribution in [0.5, 0.6) is 0 Å². The zero-order valence-electron chi connectivity index (χ0n) is 36.8. The van der Waals surface area contributed by atoms with E-state index < -0.39 is 149 Å². The summed E-state index contributed by atoms with van der Waals surface area (Å²) in [5.41, 5.74) is -6.99. The van der Waals surface area contributed by atoms with Gasteiger partial charge in [0.15, 0.2) is 15.7 Å². The second-order valence-electron chi connectivity index (χ2n) is 18.2. The molecule has 70 heavy (non-hydrogen) atoms. The lowest BCUT2D eigenvalue weighted by atomic mass is 9.89. The summed E-state index contributed by atoms with van der Waals surface area (Å²) in [7, 11) is -8.15. The van der Waals surface area contributed by atoms with Crippen molar-refractivity contribution in [3.63, 3.8) is 0 Å². The van der Waals surface area contributed by atoms with E-state index in [-0.39, 0.29) is 50.3 Å². The first-order chi connectivity index (χ1) is 32.3. The highest BCUT2D eigenvalue weighted by molar-refractivity contribution is 7.94. The van der Waals surface area contributed by atoms with Crippen LogP contribution in [0.25, 0.3) is 22.0 Å². The molecule has 5 aromatic rings. The molecule has 0 bridgehead atoms. The smallest absolute Gasteiger partial charge is 0.346 e. The van der Waals surface area contributed by atoms with E-state index in [0.29, 0.717) is 23.6 Å². The molecule has 2 saturated carbocycles. The molecular weight excluding hydrogens is 1020 g/mol. The Bertz CT molecular complexity index is 3230. The Balaban J connectivity index is 1.34. The molecule has 0 spiro atoms. The molecule has 8 rings (SSSR count). The van der Waals surface area contributed by atoms with E-state index in [2.05, 4.69) is 37.1 Å². The van der Waals surface area contributed by atoms with Crippen LogP contribution in [-0.4, -0.2) is 68.2 Å². The van der Waals surface area contributed by atoms with Gasteiger partial charge in [0.1, 0.15) is 46.6 Å². The molecule has 3 aliphatic carbocycles. The van der Waals surface area contributed by atoms with Crippen molar-refractivity contribution >= 4 is 54.1 Å². The molecular formula is C44H39ClF11N7O5S2. The number of pyridine rings is 1. The fourth-order valence-corrected chi connectivity index (χ4v) is 11.6. The standard InChI is InChI=1S/C44H39ClF11N7O5S2/c1-40(2,69(65,66)26-5-6-26)11-10-25-4-7-27(28-8-9-29(45)32-36(28)63(21-44(54,55)56)60-39(32)61-70(67,68)41(3)12-13-41)34(57-25)30(18-22-16-23(46)19-24(47)17-22)58-31(64)20-62-37-33(35(59-62)38(48)49)42(50,51)14-15-43(37,52)53/h4,7-9,16-17,19,26,30,38H,5-6,12-15,18,20-21H2,1-3H3,(H,58,64)(H,60,61)/t30-/m0/s1. The normalized spacial score (nSPS) is 18.0. The van der Waals surface area contributed by atoms with E-state index in [1.807, 2.05) is 0 Å². The maximum atomic E-state index is 15.4. The lowest BCUT2D eigenvalue weighted by Gasteiger charge is -2.29. The number of fused-ring (bicyclic) bond motifs is 2. The zero-order valence-corrected chi connectivity index (χ0v) is 39.2. The first kappa shape index (κ1) is 50.9. The van der Waals surface area contributed by atoms with Crippen LogP contribution < -0.4 is 10.0 Å². The molecule has 3 aromatic heterocycles. The minimum absolute atomic E-state index is 0.0140. The largest absolute Gasteiger partial charge is 0.408 e. The molecule has 1 atom stereocenters. The third-order valence-electron chi connectivity index (χ3n) is 12.4. The van der Waals surface area contributed by atoms with Gasteiger partial charge in [-0.15, -0.1) is 0 Å². The van der Waals surface area contributed by atoms with Crippen LogP contribution in [0, 0.1) is 23.5 Å². The fraction of sp³-hybridized carbons (Fsp3) is 0.455. The number of aromatic nitrogens is 5. The van der Waals surface area contributed by atoms with Gasteiger partial charge < -0.3 is 5.32 Å². The Hall–Kier alpha value is -5.48. The van der Waals surface area contributed by atoms with Crippen LogP contribution in [0.3, 0.4) is 0 Å². The Morgan fingerprint density at radius 2 is 1.51 bits per heavy atom. The molecule has 2 N–H and O–H groups in total. The van der Waals surface area contributed by atoms with Crippen molar-refractivity contribution in [2.45, 2.75) is 124 Å². The Morgan fingerprint density at radius 3 is 2.11 bits per heavy atom. The van der Waals surface area contributed by atoms with Crippen molar-refractivity contribution in [2.75, 3.05) is 4.72 Å². The monoisotopic (exact) mass is 1050 g/mol. The number of amides is 1. The lowest BCUT2D eigenvalue weighted by molar-refractivity contribution is -0.141. The summed E-state index contributed by atoms with van der Waals surface area (Å²) >= 11 is 6.60. The number of anilines is 1. The van der Waals surface area contributed by atoms with E-state index in [4.69, 9.17) is 11.6 Å². The van der Waals surface area contributed by atoms with Crippen LogP contribution >= 0.6 is 11.6 Å². The Morgan fingerprint density at radius 1 is 0.886 bits per heavy atom.